The molecule has 0 spiro atoms. The lowest BCUT2D eigenvalue weighted by atomic mass is 10.5. The van der Waals surface area contributed by atoms with Gasteiger partial charge in [0.15, 0.2) is 0 Å². The van der Waals surface area contributed by atoms with E-state index in [2.05, 4.69) is 15.0 Å². The number of fused-ring (bicyclic) bond motifs is 1. The van der Waals surface area contributed by atoms with E-state index < -0.39 is 0 Å². The van der Waals surface area contributed by atoms with E-state index in [1.165, 1.54) is 11.3 Å². The SMILES string of the molecule is CSc1nc(C)nc2sc(CO)nc12. The molecule has 14 heavy (non-hydrogen) atoms. The van der Waals surface area contributed by atoms with Crippen LogP contribution in [0.1, 0.15) is 10.8 Å². The summed E-state index contributed by atoms with van der Waals surface area (Å²) in [6, 6.07) is 0. The Morgan fingerprint density at radius 3 is 2.79 bits per heavy atom. The van der Waals surface area contributed by atoms with Gasteiger partial charge in [0.05, 0.1) is 6.61 Å². The van der Waals surface area contributed by atoms with Crippen molar-refractivity contribution in [2.45, 2.75) is 18.6 Å². The Morgan fingerprint density at radius 2 is 2.14 bits per heavy atom. The first-order chi connectivity index (χ1) is 6.74. The molecule has 0 fully saturated rings. The number of thioether (sulfide) groups is 1. The number of aliphatic hydroxyl groups excluding tert-OH is 1. The van der Waals surface area contributed by atoms with Gasteiger partial charge in [-0.2, -0.15) is 0 Å². The third-order valence-corrected chi connectivity index (χ3v) is 3.32. The predicted octanol–water partition coefficient (Wildman–Crippen LogP) is 1.61. The standard InChI is InChI=1S/C8H9N3OS2/c1-4-9-7(13-2)6-8(10-4)14-5(3-12)11-6/h12H,3H2,1-2H3. The van der Waals surface area contributed by atoms with E-state index in [9.17, 15) is 0 Å². The molecule has 2 heterocycles. The summed E-state index contributed by atoms with van der Waals surface area (Å²) in [7, 11) is 0. The fourth-order valence-corrected chi connectivity index (χ4v) is 2.62. The molecule has 0 amide bonds. The van der Waals surface area contributed by atoms with Crippen LogP contribution in [0.15, 0.2) is 5.03 Å². The quantitative estimate of drug-likeness (QED) is 0.624. The molecule has 0 saturated carbocycles. The van der Waals surface area contributed by atoms with Gasteiger partial charge in [0.2, 0.25) is 0 Å². The summed E-state index contributed by atoms with van der Waals surface area (Å²) in [6.45, 7) is 1.82. The minimum absolute atomic E-state index is 0.0338. The van der Waals surface area contributed by atoms with Gasteiger partial charge in [0.1, 0.15) is 26.2 Å². The van der Waals surface area contributed by atoms with Crippen molar-refractivity contribution in [3.05, 3.63) is 10.8 Å². The van der Waals surface area contributed by atoms with Crippen molar-refractivity contribution in [1.29, 1.82) is 0 Å². The molecule has 0 radical (unpaired) electrons. The van der Waals surface area contributed by atoms with E-state index in [0.29, 0.717) is 5.01 Å². The third kappa shape index (κ3) is 1.60. The van der Waals surface area contributed by atoms with Crippen LogP contribution in [0.3, 0.4) is 0 Å². The zero-order valence-electron chi connectivity index (χ0n) is 7.81. The maximum Gasteiger partial charge on any atom is 0.148 e. The predicted molar refractivity (Wildman–Crippen MR) is 57.7 cm³/mol. The van der Waals surface area contributed by atoms with Crippen LogP contribution in [0, 0.1) is 6.92 Å². The molecule has 2 aromatic heterocycles. The maximum atomic E-state index is 8.96. The summed E-state index contributed by atoms with van der Waals surface area (Å²) in [4.78, 5) is 13.7. The number of aromatic nitrogens is 3. The molecule has 0 aliphatic carbocycles. The van der Waals surface area contributed by atoms with Gasteiger partial charge >= 0.3 is 0 Å². The fraction of sp³-hybridized carbons (Fsp3) is 0.375. The lowest BCUT2D eigenvalue weighted by Gasteiger charge is -1.97. The van der Waals surface area contributed by atoms with Crippen LogP contribution >= 0.6 is 23.1 Å². The largest absolute Gasteiger partial charge is 0.389 e. The Bertz CT molecular complexity index is 469. The molecule has 0 atom stereocenters. The number of hydrogen-bond acceptors (Lipinski definition) is 6. The van der Waals surface area contributed by atoms with Gasteiger partial charge in [-0.05, 0) is 13.2 Å². The number of thiazole rings is 1. The van der Waals surface area contributed by atoms with Crippen molar-refractivity contribution in [3.8, 4) is 0 Å². The highest BCUT2D eigenvalue weighted by Gasteiger charge is 2.10. The van der Waals surface area contributed by atoms with Gasteiger partial charge in [0, 0.05) is 0 Å². The second-order valence-corrected chi connectivity index (χ2v) is 4.56. The number of aryl methyl sites for hydroxylation is 1. The van der Waals surface area contributed by atoms with Gasteiger partial charge in [-0.3, -0.25) is 0 Å². The number of rotatable bonds is 2. The zero-order valence-corrected chi connectivity index (χ0v) is 9.45. The topological polar surface area (TPSA) is 58.9 Å². The van der Waals surface area contributed by atoms with Crippen molar-refractivity contribution in [2.75, 3.05) is 6.26 Å². The summed E-state index contributed by atoms with van der Waals surface area (Å²) in [5.41, 5.74) is 0.803. The molecular formula is C8H9N3OS2. The maximum absolute atomic E-state index is 8.96. The Labute approximate surface area is 89.4 Å². The van der Waals surface area contributed by atoms with Gasteiger partial charge < -0.3 is 5.11 Å². The molecule has 0 aliphatic heterocycles. The molecular weight excluding hydrogens is 218 g/mol. The van der Waals surface area contributed by atoms with E-state index >= 15 is 0 Å². The van der Waals surface area contributed by atoms with Crippen molar-refractivity contribution in [3.63, 3.8) is 0 Å². The summed E-state index contributed by atoms with van der Waals surface area (Å²) in [5.74, 6) is 0.745. The average Bonchev–Trinajstić information content (AvgIpc) is 2.59. The molecule has 74 valence electrons. The normalized spacial score (nSPS) is 11.1. The lowest BCUT2D eigenvalue weighted by Crippen LogP contribution is -1.90. The first kappa shape index (κ1) is 9.82. The molecule has 2 rings (SSSR count). The van der Waals surface area contributed by atoms with E-state index in [1.54, 1.807) is 11.8 Å². The first-order valence-electron chi connectivity index (χ1n) is 4.03. The molecule has 4 nitrogen and oxygen atoms in total. The molecule has 1 N–H and O–H groups in total. The Balaban J connectivity index is 2.71. The molecule has 6 heteroatoms. The monoisotopic (exact) mass is 227 g/mol. The van der Waals surface area contributed by atoms with Gasteiger partial charge in [-0.15, -0.1) is 11.8 Å². The highest BCUT2D eigenvalue weighted by Crippen LogP contribution is 2.27. The van der Waals surface area contributed by atoms with E-state index in [0.717, 1.165) is 21.2 Å². The van der Waals surface area contributed by atoms with Gasteiger partial charge in [0.25, 0.3) is 0 Å². The Hall–Kier alpha value is -0.720. The highest BCUT2D eigenvalue weighted by atomic mass is 32.2. The summed E-state index contributed by atoms with van der Waals surface area (Å²) in [5, 5.41) is 10.5. The van der Waals surface area contributed by atoms with Crippen molar-refractivity contribution in [1.82, 2.24) is 15.0 Å². The number of hydrogen-bond donors (Lipinski definition) is 1. The Morgan fingerprint density at radius 1 is 1.36 bits per heavy atom. The van der Waals surface area contributed by atoms with Crippen LogP contribution in [-0.4, -0.2) is 26.3 Å². The number of nitrogens with zero attached hydrogens (tertiary/aromatic N) is 3. The molecule has 0 aromatic carbocycles. The van der Waals surface area contributed by atoms with Crippen LogP contribution < -0.4 is 0 Å². The van der Waals surface area contributed by atoms with E-state index in [4.69, 9.17) is 5.11 Å². The number of aliphatic hydroxyl groups is 1. The van der Waals surface area contributed by atoms with Crippen LogP contribution in [0.5, 0.6) is 0 Å². The fourth-order valence-electron chi connectivity index (χ4n) is 1.15. The minimum Gasteiger partial charge on any atom is -0.389 e. The van der Waals surface area contributed by atoms with Gasteiger partial charge in [-0.1, -0.05) is 11.3 Å². The molecule has 0 unspecified atom stereocenters. The van der Waals surface area contributed by atoms with Crippen LogP contribution in [0.25, 0.3) is 10.3 Å². The second kappa shape index (κ2) is 3.80. The Kier molecular flexibility index (Phi) is 2.66. The molecule has 0 saturated heterocycles. The second-order valence-electron chi connectivity index (χ2n) is 2.70. The van der Waals surface area contributed by atoms with Crippen LogP contribution in [0.2, 0.25) is 0 Å². The highest BCUT2D eigenvalue weighted by molar-refractivity contribution is 7.98. The van der Waals surface area contributed by atoms with Crippen LogP contribution in [-0.2, 0) is 6.61 Å². The summed E-state index contributed by atoms with van der Waals surface area (Å²) in [6.07, 6.45) is 1.96. The molecule has 0 bridgehead atoms. The van der Waals surface area contributed by atoms with Gasteiger partial charge in [-0.25, -0.2) is 15.0 Å². The van der Waals surface area contributed by atoms with Crippen LogP contribution in [0.4, 0.5) is 0 Å². The summed E-state index contributed by atoms with van der Waals surface area (Å²) < 4.78 is 0. The minimum atomic E-state index is -0.0338. The first-order valence-corrected chi connectivity index (χ1v) is 6.07. The van der Waals surface area contributed by atoms with Crippen molar-refractivity contribution in [2.24, 2.45) is 0 Å². The average molecular weight is 227 g/mol. The third-order valence-electron chi connectivity index (χ3n) is 1.71. The molecule has 0 aliphatic rings. The zero-order chi connectivity index (χ0) is 10.1. The van der Waals surface area contributed by atoms with E-state index in [-0.39, 0.29) is 6.61 Å². The lowest BCUT2D eigenvalue weighted by molar-refractivity contribution is 0.281. The van der Waals surface area contributed by atoms with Crippen molar-refractivity contribution >= 4 is 33.4 Å². The summed E-state index contributed by atoms with van der Waals surface area (Å²) >= 11 is 2.96. The van der Waals surface area contributed by atoms with Crippen molar-refractivity contribution < 1.29 is 5.11 Å². The van der Waals surface area contributed by atoms with E-state index in [1.807, 2.05) is 13.2 Å². The smallest absolute Gasteiger partial charge is 0.148 e. The molecule has 2 aromatic rings.